The van der Waals surface area contributed by atoms with Crippen LogP contribution in [-0.2, 0) is 28.9 Å². The molecule has 4 rings (SSSR count). The molecule has 2 amide bonds. The molecule has 0 bridgehead atoms. The van der Waals surface area contributed by atoms with Crippen molar-refractivity contribution in [3.8, 4) is 0 Å². The van der Waals surface area contributed by atoms with E-state index in [1.54, 1.807) is 25.5 Å². The van der Waals surface area contributed by atoms with E-state index in [-0.39, 0.29) is 17.9 Å². The highest BCUT2D eigenvalue weighted by Crippen LogP contribution is 2.41. The van der Waals surface area contributed by atoms with Crippen molar-refractivity contribution < 1.29 is 18.8 Å². The summed E-state index contributed by atoms with van der Waals surface area (Å²) in [6, 6.07) is 3.83. The average molecular weight is 470 g/mol. The Labute approximate surface area is 195 Å². The third-order valence-corrected chi connectivity index (χ3v) is 6.99. The van der Waals surface area contributed by atoms with E-state index in [0.29, 0.717) is 48.7 Å². The van der Waals surface area contributed by atoms with Crippen LogP contribution >= 0.6 is 11.3 Å². The molecule has 1 aliphatic rings. The zero-order valence-electron chi connectivity index (χ0n) is 18.6. The molecule has 0 spiro atoms. The van der Waals surface area contributed by atoms with E-state index in [0.717, 1.165) is 21.6 Å². The van der Waals surface area contributed by atoms with E-state index < -0.39 is 6.09 Å². The number of anilines is 2. The number of aryl methyl sites for hydroxylation is 1. The van der Waals surface area contributed by atoms with Gasteiger partial charge < -0.3 is 25.6 Å². The lowest BCUT2D eigenvalue weighted by Gasteiger charge is -2.22. The monoisotopic (exact) mass is 469 g/mol. The van der Waals surface area contributed by atoms with Gasteiger partial charge in [-0.3, -0.25) is 9.78 Å². The first-order chi connectivity index (χ1) is 15.9. The largest absolute Gasteiger partial charge is 0.446 e. The van der Waals surface area contributed by atoms with E-state index in [2.05, 4.69) is 20.8 Å². The van der Waals surface area contributed by atoms with Crippen LogP contribution in [0.3, 0.4) is 0 Å². The highest BCUT2D eigenvalue weighted by atomic mass is 32.1. The van der Waals surface area contributed by atoms with Crippen molar-refractivity contribution in [3.05, 3.63) is 58.1 Å². The summed E-state index contributed by atoms with van der Waals surface area (Å²) in [7, 11) is 0. The molecule has 1 aliphatic carbocycles. The molecule has 3 heterocycles. The number of aromatic nitrogens is 2. The second-order valence-corrected chi connectivity index (χ2v) is 9.32. The molecule has 9 nitrogen and oxygen atoms in total. The number of rotatable bonds is 7. The molecule has 2 atom stereocenters. The normalized spacial score (nSPS) is 16.0. The number of hydrogen-bond acceptors (Lipinski definition) is 8. The van der Waals surface area contributed by atoms with Crippen LogP contribution in [0.15, 0.2) is 35.2 Å². The SMILES string of the molecule is Cc1oncc1CNC(=O)OC1CCc2c(sc(NC(=O)CC(C)c3cccnc3)c2N)C1. The van der Waals surface area contributed by atoms with Crippen LogP contribution in [0.2, 0.25) is 0 Å². The number of alkyl carbamates (subject to hydrolysis) is 1. The van der Waals surface area contributed by atoms with Gasteiger partial charge in [0, 0.05) is 35.7 Å². The van der Waals surface area contributed by atoms with Gasteiger partial charge in [-0.1, -0.05) is 18.1 Å². The van der Waals surface area contributed by atoms with Gasteiger partial charge in [-0.25, -0.2) is 4.79 Å². The van der Waals surface area contributed by atoms with Crippen molar-refractivity contribution in [2.45, 2.75) is 58.1 Å². The van der Waals surface area contributed by atoms with Gasteiger partial charge in [0.1, 0.15) is 16.9 Å². The van der Waals surface area contributed by atoms with Crippen LogP contribution in [0.25, 0.3) is 0 Å². The van der Waals surface area contributed by atoms with E-state index in [1.807, 2.05) is 19.1 Å². The van der Waals surface area contributed by atoms with Crippen molar-refractivity contribution in [1.29, 1.82) is 0 Å². The first-order valence-electron chi connectivity index (χ1n) is 10.8. The number of nitrogens with one attached hydrogen (secondary N) is 2. The minimum atomic E-state index is -0.480. The van der Waals surface area contributed by atoms with Crippen molar-refractivity contribution in [3.63, 3.8) is 0 Å². The summed E-state index contributed by atoms with van der Waals surface area (Å²) in [5.41, 5.74) is 9.80. The van der Waals surface area contributed by atoms with Crippen molar-refractivity contribution in [2.24, 2.45) is 0 Å². The lowest BCUT2D eigenvalue weighted by atomic mass is 9.95. The Morgan fingerprint density at radius 1 is 1.39 bits per heavy atom. The van der Waals surface area contributed by atoms with Crippen LogP contribution in [0.4, 0.5) is 15.5 Å². The summed E-state index contributed by atoms with van der Waals surface area (Å²) in [4.78, 5) is 30.0. The Morgan fingerprint density at radius 3 is 2.97 bits per heavy atom. The van der Waals surface area contributed by atoms with Crippen molar-refractivity contribution in [1.82, 2.24) is 15.5 Å². The number of nitrogens with two attached hydrogens (primary N) is 1. The molecular formula is C23H27N5O4S. The fourth-order valence-electron chi connectivity index (χ4n) is 3.86. The fourth-order valence-corrected chi connectivity index (χ4v) is 5.11. The lowest BCUT2D eigenvalue weighted by Crippen LogP contribution is -2.31. The number of fused-ring (bicyclic) bond motifs is 1. The van der Waals surface area contributed by atoms with Crippen LogP contribution in [-0.4, -0.2) is 28.2 Å². The van der Waals surface area contributed by atoms with E-state index >= 15 is 0 Å². The maximum atomic E-state index is 12.6. The predicted molar refractivity (Wildman–Crippen MR) is 125 cm³/mol. The summed E-state index contributed by atoms with van der Waals surface area (Å²) in [5.74, 6) is 0.622. The number of carbonyl (C=O) groups excluding carboxylic acids is 2. The molecule has 0 aliphatic heterocycles. The average Bonchev–Trinajstić information content (AvgIpc) is 3.35. The fraction of sp³-hybridized carbons (Fsp3) is 0.391. The first-order valence-corrected chi connectivity index (χ1v) is 11.7. The summed E-state index contributed by atoms with van der Waals surface area (Å²) in [6.07, 6.45) is 6.63. The highest BCUT2D eigenvalue weighted by molar-refractivity contribution is 7.17. The minimum absolute atomic E-state index is 0.0485. The van der Waals surface area contributed by atoms with Gasteiger partial charge in [0.25, 0.3) is 0 Å². The molecule has 174 valence electrons. The smallest absolute Gasteiger partial charge is 0.407 e. The molecule has 0 saturated carbocycles. The van der Waals surface area contributed by atoms with Crippen molar-refractivity contribution in [2.75, 3.05) is 11.1 Å². The van der Waals surface area contributed by atoms with E-state index in [9.17, 15) is 9.59 Å². The molecule has 33 heavy (non-hydrogen) atoms. The second kappa shape index (κ2) is 10.0. The van der Waals surface area contributed by atoms with Gasteiger partial charge in [-0.05, 0) is 42.9 Å². The number of carbonyl (C=O) groups is 2. The summed E-state index contributed by atoms with van der Waals surface area (Å²) < 4.78 is 10.6. The Balaban J connectivity index is 1.31. The number of ether oxygens (including phenoxy) is 1. The maximum Gasteiger partial charge on any atom is 0.407 e. The van der Waals surface area contributed by atoms with Gasteiger partial charge in [-0.15, -0.1) is 11.3 Å². The molecule has 0 aromatic carbocycles. The van der Waals surface area contributed by atoms with E-state index in [1.165, 1.54) is 11.3 Å². The van der Waals surface area contributed by atoms with Gasteiger partial charge in [0.05, 0.1) is 18.4 Å². The highest BCUT2D eigenvalue weighted by Gasteiger charge is 2.27. The zero-order valence-corrected chi connectivity index (χ0v) is 19.4. The van der Waals surface area contributed by atoms with E-state index in [4.69, 9.17) is 15.0 Å². The Kier molecular flexibility index (Phi) is 6.93. The molecule has 0 fully saturated rings. The molecule has 4 N–H and O–H groups in total. The molecule has 3 aromatic rings. The van der Waals surface area contributed by atoms with Crippen LogP contribution in [0.1, 0.15) is 53.0 Å². The third kappa shape index (κ3) is 5.51. The van der Waals surface area contributed by atoms with Crippen LogP contribution < -0.4 is 16.4 Å². The first kappa shape index (κ1) is 22.8. The Bertz CT molecular complexity index is 1130. The van der Waals surface area contributed by atoms with Crippen molar-refractivity contribution >= 4 is 34.0 Å². The molecule has 0 radical (unpaired) electrons. The third-order valence-electron chi connectivity index (χ3n) is 5.81. The van der Waals surface area contributed by atoms with Crippen LogP contribution in [0.5, 0.6) is 0 Å². The number of hydrogen-bond donors (Lipinski definition) is 3. The topological polar surface area (TPSA) is 132 Å². The van der Waals surface area contributed by atoms with Crippen LogP contribution in [0, 0.1) is 6.92 Å². The standard InChI is InChI=1S/C23H27N5O4S/c1-13(15-4-3-7-25-10-15)8-20(29)28-22-21(24)18-6-5-17(9-19(18)33-22)31-23(30)26-11-16-12-27-32-14(16)2/h3-4,7,10,12-13,17H,5-6,8-9,11,24H2,1-2H3,(H,26,30)(H,28,29). The quantitative estimate of drug-likeness (QED) is 0.477. The molecule has 3 aromatic heterocycles. The minimum Gasteiger partial charge on any atom is -0.446 e. The molecule has 10 heteroatoms. The van der Waals surface area contributed by atoms with Gasteiger partial charge in [-0.2, -0.15) is 0 Å². The molecule has 0 saturated heterocycles. The number of pyridine rings is 1. The molecular weight excluding hydrogens is 442 g/mol. The second-order valence-electron chi connectivity index (χ2n) is 8.22. The number of nitrogen functional groups attached to an aromatic ring is 1. The van der Waals surface area contributed by atoms with Gasteiger partial charge in [0.2, 0.25) is 5.91 Å². The number of thiophene rings is 1. The Morgan fingerprint density at radius 2 is 2.24 bits per heavy atom. The summed E-state index contributed by atoms with van der Waals surface area (Å²) in [5, 5.41) is 10.0. The van der Waals surface area contributed by atoms with Gasteiger partial charge in [0.15, 0.2) is 0 Å². The number of amides is 2. The Hall–Kier alpha value is -3.40. The van der Waals surface area contributed by atoms with Gasteiger partial charge >= 0.3 is 6.09 Å². The zero-order chi connectivity index (χ0) is 23.4. The predicted octanol–water partition coefficient (Wildman–Crippen LogP) is 3.94. The summed E-state index contributed by atoms with van der Waals surface area (Å²) in [6.45, 7) is 4.08. The summed E-state index contributed by atoms with van der Waals surface area (Å²) >= 11 is 1.46. The lowest BCUT2D eigenvalue weighted by molar-refractivity contribution is -0.116. The number of nitrogens with zero attached hydrogens (tertiary/aromatic N) is 2. The maximum absolute atomic E-state index is 12.6. The molecule has 2 unspecified atom stereocenters.